The van der Waals surface area contributed by atoms with Crippen LogP contribution in [0.3, 0.4) is 0 Å². The Bertz CT molecular complexity index is 888. The summed E-state index contributed by atoms with van der Waals surface area (Å²) in [6.45, 7) is 1.70. The van der Waals surface area contributed by atoms with Crippen LogP contribution >= 0.6 is 0 Å². The van der Waals surface area contributed by atoms with Crippen molar-refractivity contribution in [3.05, 3.63) is 24.3 Å². The summed E-state index contributed by atoms with van der Waals surface area (Å²) in [5.74, 6) is 4.58. The van der Waals surface area contributed by atoms with Gasteiger partial charge in [-0.25, -0.2) is 8.42 Å². The molecular formula is C17H20N4O2S. The van der Waals surface area contributed by atoms with Gasteiger partial charge in [0, 0.05) is 37.9 Å². The van der Waals surface area contributed by atoms with Crippen LogP contribution in [0, 0.1) is 18.3 Å². The van der Waals surface area contributed by atoms with Gasteiger partial charge in [0.15, 0.2) is 15.7 Å². The predicted molar refractivity (Wildman–Crippen MR) is 93.3 cm³/mol. The van der Waals surface area contributed by atoms with E-state index in [1.54, 1.807) is 18.2 Å². The second kappa shape index (κ2) is 6.29. The first-order chi connectivity index (χ1) is 11.4. The SMILES string of the molecule is C#CC1CCN(c2nnc(-c3cccc(S(C)(=O)=O)c3)n2C)CC1. The van der Waals surface area contributed by atoms with Crippen LogP contribution in [0.1, 0.15) is 12.8 Å². The zero-order chi connectivity index (χ0) is 17.3. The maximum absolute atomic E-state index is 11.7. The quantitative estimate of drug-likeness (QED) is 0.793. The Kier molecular flexibility index (Phi) is 4.33. The molecule has 1 fully saturated rings. The van der Waals surface area contributed by atoms with E-state index in [0.29, 0.717) is 11.7 Å². The summed E-state index contributed by atoms with van der Waals surface area (Å²) in [5, 5.41) is 8.56. The van der Waals surface area contributed by atoms with E-state index >= 15 is 0 Å². The average Bonchev–Trinajstić information content (AvgIpc) is 2.96. The minimum Gasteiger partial charge on any atom is -0.341 e. The van der Waals surface area contributed by atoms with Gasteiger partial charge in [-0.2, -0.15) is 0 Å². The molecule has 1 aliphatic heterocycles. The lowest BCUT2D eigenvalue weighted by atomic mass is 9.98. The monoisotopic (exact) mass is 344 g/mol. The van der Waals surface area contributed by atoms with Gasteiger partial charge >= 0.3 is 0 Å². The third kappa shape index (κ3) is 3.15. The highest BCUT2D eigenvalue weighted by Crippen LogP contribution is 2.26. The highest BCUT2D eigenvalue weighted by molar-refractivity contribution is 7.90. The molecule has 6 nitrogen and oxygen atoms in total. The Morgan fingerprint density at radius 3 is 2.58 bits per heavy atom. The number of hydrogen-bond donors (Lipinski definition) is 0. The molecule has 0 saturated carbocycles. The smallest absolute Gasteiger partial charge is 0.227 e. The van der Waals surface area contributed by atoms with Gasteiger partial charge in [-0.05, 0) is 25.0 Å². The molecule has 0 aliphatic carbocycles. The number of hydrogen-bond acceptors (Lipinski definition) is 5. The van der Waals surface area contributed by atoms with Crippen molar-refractivity contribution in [2.24, 2.45) is 13.0 Å². The highest BCUT2D eigenvalue weighted by Gasteiger charge is 2.22. The second-order valence-electron chi connectivity index (χ2n) is 6.11. The van der Waals surface area contributed by atoms with Crippen LogP contribution in [-0.2, 0) is 16.9 Å². The van der Waals surface area contributed by atoms with E-state index in [1.807, 2.05) is 17.7 Å². The number of benzene rings is 1. The number of piperidine rings is 1. The summed E-state index contributed by atoms with van der Waals surface area (Å²) in [7, 11) is -1.36. The maximum Gasteiger partial charge on any atom is 0.227 e. The summed E-state index contributed by atoms with van der Waals surface area (Å²) in [6.07, 6.45) is 8.59. The first-order valence-corrected chi connectivity index (χ1v) is 9.70. The van der Waals surface area contributed by atoms with E-state index in [1.165, 1.54) is 6.26 Å². The average molecular weight is 344 g/mol. The van der Waals surface area contributed by atoms with E-state index in [2.05, 4.69) is 21.0 Å². The summed E-state index contributed by atoms with van der Waals surface area (Å²) >= 11 is 0. The van der Waals surface area contributed by atoms with Gasteiger partial charge in [-0.1, -0.05) is 12.1 Å². The van der Waals surface area contributed by atoms with Crippen molar-refractivity contribution in [2.75, 3.05) is 24.2 Å². The standard InChI is InChI=1S/C17H20N4O2S/c1-4-13-8-10-21(11-9-13)17-19-18-16(20(17)2)14-6-5-7-15(12-14)24(3,22)23/h1,5-7,12-13H,8-11H2,2-3H3. The molecule has 1 saturated heterocycles. The van der Waals surface area contributed by atoms with E-state index in [9.17, 15) is 8.42 Å². The zero-order valence-corrected chi connectivity index (χ0v) is 14.6. The molecule has 0 unspecified atom stereocenters. The third-order valence-electron chi connectivity index (χ3n) is 4.39. The molecule has 1 aromatic carbocycles. The number of aromatic nitrogens is 3. The lowest BCUT2D eigenvalue weighted by Gasteiger charge is -2.30. The minimum absolute atomic E-state index is 0.277. The summed E-state index contributed by atoms with van der Waals surface area (Å²) in [6, 6.07) is 6.78. The largest absolute Gasteiger partial charge is 0.341 e. The molecule has 7 heteroatoms. The molecule has 0 radical (unpaired) electrons. The number of sulfone groups is 1. The van der Waals surface area contributed by atoms with Crippen LogP contribution < -0.4 is 4.90 Å². The fourth-order valence-corrected chi connectivity index (χ4v) is 3.63. The first-order valence-electron chi connectivity index (χ1n) is 7.81. The molecule has 0 spiro atoms. The Morgan fingerprint density at radius 1 is 1.25 bits per heavy atom. The molecule has 24 heavy (non-hydrogen) atoms. The van der Waals surface area contributed by atoms with Crippen LogP contribution in [0.25, 0.3) is 11.4 Å². The fraction of sp³-hybridized carbons (Fsp3) is 0.412. The lowest BCUT2D eigenvalue weighted by molar-refractivity contribution is 0.483. The van der Waals surface area contributed by atoms with Gasteiger partial charge in [0.2, 0.25) is 5.95 Å². The van der Waals surface area contributed by atoms with Gasteiger partial charge in [-0.15, -0.1) is 22.5 Å². The fourth-order valence-electron chi connectivity index (χ4n) is 2.96. The Balaban J connectivity index is 1.90. The van der Waals surface area contributed by atoms with Crippen LogP contribution in [0.4, 0.5) is 5.95 Å². The lowest BCUT2D eigenvalue weighted by Crippen LogP contribution is -2.35. The summed E-state index contributed by atoms with van der Waals surface area (Å²) in [5.41, 5.74) is 0.734. The molecule has 1 aromatic heterocycles. The molecule has 2 heterocycles. The molecule has 1 aliphatic rings. The van der Waals surface area contributed by atoms with Gasteiger partial charge in [0.05, 0.1) is 4.90 Å². The summed E-state index contributed by atoms with van der Waals surface area (Å²) < 4.78 is 25.4. The van der Waals surface area contributed by atoms with Crippen molar-refractivity contribution in [2.45, 2.75) is 17.7 Å². The molecule has 2 aromatic rings. The van der Waals surface area contributed by atoms with Crippen molar-refractivity contribution < 1.29 is 8.42 Å². The number of anilines is 1. The van der Waals surface area contributed by atoms with Crippen LogP contribution in [0.5, 0.6) is 0 Å². The van der Waals surface area contributed by atoms with Crippen LogP contribution in [0.15, 0.2) is 29.2 Å². The molecule has 0 bridgehead atoms. The molecule has 3 rings (SSSR count). The Hall–Kier alpha value is -2.33. The highest BCUT2D eigenvalue weighted by atomic mass is 32.2. The van der Waals surface area contributed by atoms with Gasteiger partial charge < -0.3 is 4.90 Å². The molecular weight excluding hydrogens is 324 g/mol. The van der Waals surface area contributed by atoms with Crippen molar-refractivity contribution in [3.8, 4) is 23.7 Å². The van der Waals surface area contributed by atoms with Crippen molar-refractivity contribution >= 4 is 15.8 Å². The van der Waals surface area contributed by atoms with Gasteiger partial charge in [0.1, 0.15) is 0 Å². The number of terminal acetylenes is 1. The molecule has 0 amide bonds. The maximum atomic E-state index is 11.7. The first kappa shape index (κ1) is 16.5. The van der Waals surface area contributed by atoms with E-state index in [0.717, 1.165) is 37.4 Å². The number of nitrogens with zero attached hydrogens (tertiary/aromatic N) is 4. The Morgan fingerprint density at radius 2 is 1.96 bits per heavy atom. The van der Waals surface area contributed by atoms with Gasteiger partial charge in [-0.3, -0.25) is 4.57 Å². The van der Waals surface area contributed by atoms with Crippen LogP contribution in [-0.4, -0.2) is 42.5 Å². The molecule has 0 atom stereocenters. The molecule has 0 N–H and O–H groups in total. The van der Waals surface area contributed by atoms with E-state index < -0.39 is 9.84 Å². The van der Waals surface area contributed by atoms with Crippen molar-refractivity contribution in [1.29, 1.82) is 0 Å². The minimum atomic E-state index is -3.26. The van der Waals surface area contributed by atoms with E-state index in [-0.39, 0.29) is 4.90 Å². The van der Waals surface area contributed by atoms with Crippen molar-refractivity contribution in [3.63, 3.8) is 0 Å². The Labute approximate surface area is 142 Å². The van der Waals surface area contributed by atoms with Gasteiger partial charge in [0.25, 0.3) is 0 Å². The normalized spacial score (nSPS) is 16.1. The zero-order valence-electron chi connectivity index (χ0n) is 13.8. The number of rotatable bonds is 3. The topological polar surface area (TPSA) is 68.1 Å². The third-order valence-corrected chi connectivity index (χ3v) is 5.50. The van der Waals surface area contributed by atoms with E-state index in [4.69, 9.17) is 6.42 Å². The second-order valence-corrected chi connectivity index (χ2v) is 8.13. The predicted octanol–water partition coefficient (Wildman–Crippen LogP) is 1.74. The van der Waals surface area contributed by atoms with Crippen molar-refractivity contribution in [1.82, 2.24) is 14.8 Å². The van der Waals surface area contributed by atoms with Crippen LogP contribution in [0.2, 0.25) is 0 Å². The molecule has 126 valence electrons. The summed E-state index contributed by atoms with van der Waals surface area (Å²) in [4.78, 5) is 2.45.